The number of hydrogen-bond acceptors (Lipinski definition) is 6. The first-order valence-electron chi connectivity index (χ1n) is 8.52. The Morgan fingerprint density at radius 2 is 1.81 bits per heavy atom. The van der Waals surface area contributed by atoms with Crippen LogP contribution in [0.15, 0.2) is 75.7 Å². The molecule has 0 aliphatic heterocycles. The molecular weight excluding hydrogens is 346 g/mol. The Kier molecular flexibility index (Phi) is 4.61. The zero-order valence-corrected chi connectivity index (χ0v) is 14.6. The number of esters is 1. The van der Waals surface area contributed by atoms with Crippen LogP contribution in [0.25, 0.3) is 22.5 Å². The number of hydrogen-bond donors (Lipinski definition) is 0. The predicted octanol–water partition coefficient (Wildman–Crippen LogP) is 4.60. The quantitative estimate of drug-likeness (QED) is 0.466. The van der Waals surface area contributed by atoms with Gasteiger partial charge in [-0.15, -0.1) is 0 Å². The molecule has 0 N–H and O–H groups in total. The van der Waals surface area contributed by atoms with Crippen LogP contribution in [0.2, 0.25) is 0 Å². The number of carbonyl (C=O) groups excluding carboxylic acids is 1. The van der Waals surface area contributed by atoms with Crippen molar-refractivity contribution in [3.8, 4) is 17.3 Å². The Morgan fingerprint density at radius 3 is 2.63 bits per heavy atom. The number of carbonyl (C=O) groups is 1. The van der Waals surface area contributed by atoms with Crippen molar-refractivity contribution in [3.63, 3.8) is 0 Å². The highest BCUT2D eigenvalue weighted by atomic mass is 16.6. The summed E-state index contributed by atoms with van der Waals surface area (Å²) in [4.78, 5) is 12.1. The van der Waals surface area contributed by atoms with Gasteiger partial charge in [0, 0.05) is 11.5 Å². The normalized spacial score (nSPS) is 12.0. The smallest absolute Gasteiger partial charge is 0.347 e. The van der Waals surface area contributed by atoms with Crippen molar-refractivity contribution in [2.75, 3.05) is 0 Å². The Labute approximate surface area is 155 Å². The molecule has 6 nitrogen and oxygen atoms in total. The first-order valence-corrected chi connectivity index (χ1v) is 8.52. The average molecular weight is 363 g/mol. The van der Waals surface area contributed by atoms with E-state index in [-0.39, 0.29) is 6.61 Å². The molecular formula is C21H17NO5. The van der Waals surface area contributed by atoms with Gasteiger partial charge < -0.3 is 18.4 Å². The molecule has 0 saturated heterocycles. The van der Waals surface area contributed by atoms with Crippen molar-refractivity contribution in [2.24, 2.45) is 0 Å². The third kappa shape index (κ3) is 3.84. The molecule has 6 heteroatoms. The molecule has 2 heterocycles. The Bertz CT molecular complexity index is 1020. The third-order valence-electron chi connectivity index (χ3n) is 3.98. The maximum atomic E-state index is 12.1. The molecule has 0 fully saturated rings. The molecule has 0 unspecified atom stereocenters. The van der Waals surface area contributed by atoms with E-state index in [0.717, 1.165) is 11.0 Å². The first kappa shape index (κ1) is 16.9. The van der Waals surface area contributed by atoms with Crippen LogP contribution in [0.4, 0.5) is 0 Å². The van der Waals surface area contributed by atoms with Crippen LogP contribution >= 0.6 is 0 Å². The van der Waals surface area contributed by atoms with Crippen LogP contribution in [-0.4, -0.2) is 17.2 Å². The second kappa shape index (κ2) is 7.37. The summed E-state index contributed by atoms with van der Waals surface area (Å²) in [6.07, 6.45) is -0.728. The van der Waals surface area contributed by atoms with E-state index >= 15 is 0 Å². The van der Waals surface area contributed by atoms with Gasteiger partial charge in [0.05, 0.1) is 0 Å². The summed E-state index contributed by atoms with van der Waals surface area (Å²) in [6, 6.07) is 20.3. The zero-order valence-electron chi connectivity index (χ0n) is 14.6. The Morgan fingerprint density at radius 1 is 1.04 bits per heavy atom. The maximum absolute atomic E-state index is 12.1. The maximum Gasteiger partial charge on any atom is 0.347 e. The van der Waals surface area contributed by atoms with Crippen LogP contribution < -0.4 is 4.74 Å². The molecule has 0 bridgehead atoms. The van der Waals surface area contributed by atoms with Gasteiger partial charge in [-0.05, 0) is 31.2 Å². The molecule has 2 aromatic carbocycles. The largest absolute Gasteiger partial charge is 0.479 e. The number of rotatable bonds is 6. The van der Waals surface area contributed by atoms with E-state index in [1.54, 1.807) is 25.1 Å². The lowest BCUT2D eigenvalue weighted by molar-refractivity contribution is -0.152. The van der Waals surface area contributed by atoms with Crippen LogP contribution in [0.3, 0.4) is 0 Å². The molecule has 0 aliphatic rings. The van der Waals surface area contributed by atoms with Gasteiger partial charge in [-0.3, -0.25) is 0 Å². The molecule has 27 heavy (non-hydrogen) atoms. The number of aromatic nitrogens is 1. The zero-order chi connectivity index (χ0) is 18.6. The highest BCUT2D eigenvalue weighted by Crippen LogP contribution is 2.28. The van der Waals surface area contributed by atoms with E-state index in [2.05, 4.69) is 5.16 Å². The van der Waals surface area contributed by atoms with Crippen molar-refractivity contribution in [1.29, 1.82) is 0 Å². The van der Waals surface area contributed by atoms with Gasteiger partial charge >= 0.3 is 5.97 Å². The molecule has 0 aliphatic carbocycles. The van der Waals surface area contributed by atoms with Crippen LogP contribution in [0.5, 0.6) is 5.75 Å². The van der Waals surface area contributed by atoms with Crippen molar-refractivity contribution >= 4 is 16.9 Å². The topological polar surface area (TPSA) is 74.7 Å². The lowest BCUT2D eigenvalue weighted by Gasteiger charge is -2.13. The Hall–Kier alpha value is -3.54. The molecule has 4 aromatic rings. The predicted molar refractivity (Wildman–Crippen MR) is 98.0 cm³/mol. The molecule has 1 atom stereocenters. The van der Waals surface area contributed by atoms with E-state index in [1.165, 1.54) is 0 Å². The van der Waals surface area contributed by atoms with E-state index in [0.29, 0.717) is 23.0 Å². The number of nitrogens with zero attached hydrogens (tertiary/aromatic N) is 1. The van der Waals surface area contributed by atoms with Crippen molar-refractivity contribution in [3.05, 3.63) is 72.4 Å². The van der Waals surface area contributed by atoms with Gasteiger partial charge in [0.15, 0.2) is 11.9 Å². The highest BCUT2D eigenvalue weighted by molar-refractivity contribution is 5.81. The SMILES string of the molecule is C[C@@H](Oc1ccccc1)C(=O)OCc1cc(-c2cc3ccccc3o2)on1. The molecule has 0 amide bonds. The third-order valence-corrected chi connectivity index (χ3v) is 3.98. The summed E-state index contributed by atoms with van der Waals surface area (Å²) < 4.78 is 21.8. The van der Waals surface area contributed by atoms with Crippen molar-refractivity contribution in [2.45, 2.75) is 19.6 Å². The first-order chi connectivity index (χ1) is 13.2. The molecule has 2 aromatic heterocycles. The minimum Gasteiger partial charge on any atom is -0.479 e. The standard InChI is InChI=1S/C21H17NO5/c1-14(25-17-8-3-2-4-9-17)21(23)24-13-16-12-20(27-22-16)19-11-15-7-5-6-10-18(15)26-19/h2-12,14H,13H2,1H3/t14-/m1/s1. The monoisotopic (exact) mass is 363 g/mol. The molecule has 0 saturated carbocycles. The lowest BCUT2D eigenvalue weighted by atomic mass is 10.2. The Balaban J connectivity index is 1.37. The fourth-order valence-electron chi connectivity index (χ4n) is 2.61. The second-order valence-electron chi connectivity index (χ2n) is 6.01. The van der Waals surface area contributed by atoms with Gasteiger partial charge in [0.1, 0.15) is 23.6 Å². The van der Waals surface area contributed by atoms with Crippen molar-refractivity contribution < 1.29 is 23.2 Å². The summed E-state index contributed by atoms with van der Waals surface area (Å²) in [5, 5.41) is 4.90. The number of fused-ring (bicyclic) bond motifs is 1. The van der Waals surface area contributed by atoms with Crippen LogP contribution in [0, 0.1) is 0 Å². The minimum absolute atomic E-state index is 0.00888. The lowest BCUT2D eigenvalue weighted by Crippen LogP contribution is -2.26. The summed E-state index contributed by atoms with van der Waals surface area (Å²) in [5.74, 6) is 1.18. The van der Waals surface area contributed by atoms with Gasteiger partial charge in [-0.1, -0.05) is 41.6 Å². The number of benzene rings is 2. The highest BCUT2D eigenvalue weighted by Gasteiger charge is 2.18. The van der Waals surface area contributed by atoms with Crippen LogP contribution in [0.1, 0.15) is 12.6 Å². The van der Waals surface area contributed by atoms with Gasteiger partial charge in [-0.2, -0.15) is 0 Å². The summed E-state index contributed by atoms with van der Waals surface area (Å²) in [7, 11) is 0. The van der Waals surface area contributed by atoms with E-state index < -0.39 is 12.1 Å². The van der Waals surface area contributed by atoms with E-state index in [1.807, 2.05) is 48.5 Å². The minimum atomic E-state index is -0.728. The molecule has 136 valence electrons. The summed E-state index contributed by atoms with van der Waals surface area (Å²) in [6.45, 7) is 1.63. The van der Waals surface area contributed by atoms with Gasteiger partial charge in [0.2, 0.25) is 5.76 Å². The number of ether oxygens (including phenoxy) is 2. The van der Waals surface area contributed by atoms with E-state index in [9.17, 15) is 4.79 Å². The van der Waals surface area contributed by atoms with Crippen LogP contribution in [-0.2, 0) is 16.1 Å². The average Bonchev–Trinajstić information content (AvgIpc) is 3.33. The summed E-state index contributed by atoms with van der Waals surface area (Å²) >= 11 is 0. The molecule has 0 spiro atoms. The van der Waals surface area contributed by atoms with E-state index in [4.69, 9.17) is 18.4 Å². The van der Waals surface area contributed by atoms with Crippen molar-refractivity contribution in [1.82, 2.24) is 5.16 Å². The number of para-hydroxylation sites is 2. The fourth-order valence-corrected chi connectivity index (χ4v) is 2.61. The molecule has 4 rings (SSSR count). The number of furan rings is 1. The molecule has 0 radical (unpaired) electrons. The fraction of sp³-hybridized carbons (Fsp3) is 0.143. The second-order valence-corrected chi connectivity index (χ2v) is 6.01. The summed E-state index contributed by atoms with van der Waals surface area (Å²) in [5.41, 5.74) is 1.26. The van der Waals surface area contributed by atoms with Gasteiger partial charge in [0.25, 0.3) is 0 Å². The van der Waals surface area contributed by atoms with Gasteiger partial charge in [-0.25, -0.2) is 4.79 Å².